The second-order valence-electron chi connectivity index (χ2n) is 7.35. The van der Waals surface area contributed by atoms with E-state index in [-0.39, 0.29) is 17.9 Å². The number of piperidine rings is 1. The van der Waals surface area contributed by atoms with Crippen LogP contribution in [0.3, 0.4) is 0 Å². The van der Waals surface area contributed by atoms with Gasteiger partial charge in [-0.25, -0.2) is 0 Å². The summed E-state index contributed by atoms with van der Waals surface area (Å²) in [7, 11) is 0. The van der Waals surface area contributed by atoms with Crippen molar-refractivity contribution in [3.63, 3.8) is 0 Å². The summed E-state index contributed by atoms with van der Waals surface area (Å²) in [6, 6.07) is 14.5. The first-order valence-electron chi connectivity index (χ1n) is 10.2. The topological polar surface area (TPSA) is 84.7 Å². The molecule has 1 fully saturated rings. The molecule has 0 aliphatic carbocycles. The van der Waals surface area contributed by atoms with E-state index in [1.165, 1.54) is 0 Å². The maximum Gasteiger partial charge on any atom is 0.255 e. The maximum absolute atomic E-state index is 12.9. The lowest BCUT2D eigenvalue weighted by atomic mass is 10.0. The highest BCUT2D eigenvalue weighted by Gasteiger charge is 2.24. The number of carbonyl (C=O) groups excluding carboxylic acids is 2. The average molecular weight is 396 g/mol. The first kappa shape index (κ1) is 21.0. The molecule has 0 aromatic heterocycles. The van der Waals surface area contributed by atoms with Crippen molar-refractivity contribution >= 4 is 17.5 Å². The van der Waals surface area contributed by atoms with Gasteiger partial charge in [0.2, 0.25) is 0 Å². The van der Waals surface area contributed by atoms with Gasteiger partial charge < -0.3 is 20.7 Å². The number of benzene rings is 2. The Balaban J connectivity index is 1.62. The normalized spacial score (nSPS) is 14.6. The molecule has 6 heteroatoms. The predicted molar refractivity (Wildman–Crippen MR) is 114 cm³/mol. The van der Waals surface area contributed by atoms with Crippen molar-refractivity contribution in [2.75, 3.05) is 31.6 Å². The number of ether oxygens (including phenoxy) is 1. The van der Waals surface area contributed by atoms with Gasteiger partial charge in [-0.2, -0.15) is 0 Å². The van der Waals surface area contributed by atoms with Crippen LogP contribution in [-0.4, -0.2) is 49.1 Å². The maximum atomic E-state index is 12.9. The van der Waals surface area contributed by atoms with Crippen LogP contribution in [0.2, 0.25) is 0 Å². The molecule has 2 amide bonds. The van der Waals surface area contributed by atoms with Gasteiger partial charge in [0.25, 0.3) is 11.8 Å². The van der Waals surface area contributed by atoms with E-state index in [0.29, 0.717) is 43.1 Å². The van der Waals surface area contributed by atoms with E-state index in [0.717, 1.165) is 24.8 Å². The largest absolute Gasteiger partial charge is 0.378 e. The third-order valence-corrected chi connectivity index (χ3v) is 5.20. The number of likely N-dealkylation sites (tertiary alicyclic amines) is 1. The fraction of sp³-hybridized carbons (Fsp3) is 0.391. The van der Waals surface area contributed by atoms with E-state index in [2.05, 4.69) is 5.32 Å². The van der Waals surface area contributed by atoms with Crippen molar-refractivity contribution in [1.29, 1.82) is 0 Å². The van der Waals surface area contributed by atoms with Crippen molar-refractivity contribution in [1.82, 2.24) is 4.90 Å². The zero-order valence-corrected chi connectivity index (χ0v) is 16.9. The first-order chi connectivity index (χ1) is 14.1. The number of hydrogen-bond acceptors (Lipinski definition) is 4. The summed E-state index contributed by atoms with van der Waals surface area (Å²) in [4.78, 5) is 27.3. The van der Waals surface area contributed by atoms with Crippen LogP contribution in [-0.2, 0) is 4.74 Å². The summed E-state index contributed by atoms with van der Waals surface area (Å²) < 4.78 is 5.81. The Morgan fingerprint density at radius 3 is 2.52 bits per heavy atom. The zero-order valence-electron chi connectivity index (χ0n) is 16.9. The highest BCUT2D eigenvalue weighted by molar-refractivity contribution is 6.05. The minimum Gasteiger partial charge on any atom is -0.378 e. The molecule has 3 rings (SSSR count). The van der Waals surface area contributed by atoms with E-state index < -0.39 is 0 Å². The van der Waals surface area contributed by atoms with Crippen LogP contribution in [0.4, 0.5) is 5.69 Å². The summed E-state index contributed by atoms with van der Waals surface area (Å²) in [5, 5.41) is 2.92. The Morgan fingerprint density at radius 2 is 1.83 bits per heavy atom. The summed E-state index contributed by atoms with van der Waals surface area (Å²) >= 11 is 0. The average Bonchev–Trinajstić information content (AvgIpc) is 2.76. The van der Waals surface area contributed by atoms with E-state index in [9.17, 15) is 9.59 Å². The number of aryl methyl sites for hydroxylation is 1. The van der Waals surface area contributed by atoms with Crippen molar-refractivity contribution in [3.05, 3.63) is 65.2 Å². The van der Waals surface area contributed by atoms with E-state index in [4.69, 9.17) is 10.5 Å². The Bertz CT molecular complexity index is 831. The van der Waals surface area contributed by atoms with Crippen LogP contribution >= 0.6 is 0 Å². The Hall–Kier alpha value is -2.70. The number of nitrogens with two attached hydrogens (primary N) is 1. The van der Waals surface area contributed by atoms with Gasteiger partial charge in [0.1, 0.15) is 0 Å². The molecule has 0 spiro atoms. The second-order valence-corrected chi connectivity index (χ2v) is 7.35. The van der Waals surface area contributed by atoms with Gasteiger partial charge in [-0.15, -0.1) is 0 Å². The number of nitrogens with zero attached hydrogens (tertiary/aromatic N) is 1. The molecular formula is C23H29N3O3. The molecule has 29 heavy (non-hydrogen) atoms. The minimum atomic E-state index is -0.186. The van der Waals surface area contributed by atoms with Gasteiger partial charge in [0, 0.05) is 36.5 Å². The van der Waals surface area contributed by atoms with Crippen molar-refractivity contribution in [2.24, 2.45) is 5.73 Å². The fourth-order valence-electron chi connectivity index (χ4n) is 3.42. The van der Waals surface area contributed by atoms with Crippen molar-refractivity contribution in [3.8, 4) is 0 Å². The molecule has 2 aromatic rings. The highest BCUT2D eigenvalue weighted by atomic mass is 16.5. The van der Waals surface area contributed by atoms with Crippen molar-refractivity contribution < 1.29 is 14.3 Å². The monoisotopic (exact) mass is 395 g/mol. The van der Waals surface area contributed by atoms with E-state index in [1.807, 2.05) is 42.2 Å². The van der Waals surface area contributed by atoms with Crippen LogP contribution in [0.25, 0.3) is 0 Å². The molecule has 2 aromatic carbocycles. The van der Waals surface area contributed by atoms with Gasteiger partial charge in [-0.3, -0.25) is 9.59 Å². The summed E-state index contributed by atoms with van der Waals surface area (Å²) in [6.45, 7) is 4.57. The minimum absolute atomic E-state index is 0.0133. The first-order valence-corrected chi connectivity index (χ1v) is 10.2. The van der Waals surface area contributed by atoms with Crippen LogP contribution in [0.5, 0.6) is 0 Å². The number of carbonyl (C=O) groups is 2. The quantitative estimate of drug-likeness (QED) is 0.705. The number of rotatable bonds is 7. The number of hydrogen-bond donors (Lipinski definition) is 2. The molecule has 0 radical (unpaired) electrons. The van der Waals surface area contributed by atoms with Crippen LogP contribution in [0.1, 0.15) is 45.5 Å². The molecule has 1 saturated heterocycles. The summed E-state index contributed by atoms with van der Waals surface area (Å²) in [6.07, 6.45) is 2.73. The molecular weight excluding hydrogens is 366 g/mol. The molecule has 3 N–H and O–H groups in total. The molecule has 1 aliphatic rings. The Morgan fingerprint density at radius 1 is 1.10 bits per heavy atom. The smallest absolute Gasteiger partial charge is 0.255 e. The van der Waals surface area contributed by atoms with Crippen LogP contribution in [0.15, 0.2) is 48.5 Å². The molecule has 1 heterocycles. The molecule has 6 nitrogen and oxygen atoms in total. The van der Waals surface area contributed by atoms with Gasteiger partial charge >= 0.3 is 0 Å². The number of nitrogens with one attached hydrogen (secondary N) is 1. The molecule has 0 atom stereocenters. The summed E-state index contributed by atoms with van der Waals surface area (Å²) in [5.74, 6) is -0.200. The second kappa shape index (κ2) is 10.2. The molecule has 1 aliphatic heterocycles. The predicted octanol–water partition coefficient (Wildman–Crippen LogP) is 3.22. The Labute approximate surface area is 172 Å². The third-order valence-electron chi connectivity index (χ3n) is 5.20. The fourth-order valence-corrected chi connectivity index (χ4v) is 3.42. The zero-order chi connectivity index (χ0) is 20.6. The van der Waals surface area contributed by atoms with Crippen molar-refractivity contribution in [2.45, 2.75) is 32.3 Å². The molecule has 0 unspecified atom stereocenters. The van der Waals surface area contributed by atoms with Gasteiger partial charge in [0.15, 0.2) is 0 Å². The summed E-state index contributed by atoms with van der Waals surface area (Å²) in [5.41, 5.74) is 8.24. The molecule has 154 valence electrons. The van der Waals surface area contributed by atoms with Gasteiger partial charge in [0.05, 0.1) is 6.10 Å². The van der Waals surface area contributed by atoms with Gasteiger partial charge in [-0.05, 0) is 62.6 Å². The molecule has 0 saturated carbocycles. The van der Waals surface area contributed by atoms with E-state index in [1.54, 1.807) is 18.2 Å². The lowest BCUT2D eigenvalue weighted by Gasteiger charge is -2.32. The Kier molecular flexibility index (Phi) is 7.38. The number of amides is 2. The lowest BCUT2D eigenvalue weighted by Crippen LogP contribution is -2.41. The lowest BCUT2D eigenvalue weighted by molar-refractivity contribution is 0.00844. The third kappa shape index (κ3) is 5.65. The number of anilines is 1. The van der Waals surface area contributed by atoms with Crippen LogP contribution in [0, 0.1) is 6.92 Å². The van der Waals surface area contributed by atoms with Crippen LogP contribution < -0.4 is 11.1 Å². The standard InChI is InChI=1S/C23H29N3O3/c1-17-8-9-19(16-21(17)25-22(27)18-6-3-2-4-7-18)23(28)26-13-10-20(11-14-26)29-15-5-12-24/h2-4,6-9,16,20H,5,10-15,24H2,1H3,(H,25,27). The molecule has 0 bridgehead atoms. The van der Waals surface area contributed by atoms with Gasteiger partial charge in [-0.1, -0.05) is 24.3 Å². The SMILES string of the molecule is Cc1ccc(C(=O)N2CCC(OCCCN)CC2)cc1NC(=O)c1ccccc1. The highest BCUT2D eigenvalue weighted by Crippen LogP contribution is 2.21. The van der Waals surface area contributed by atoms with E-state index >= 15 is 0 Å².